The standard InChI is InChI=1S/C33H38F4N8O3/c1-15-24(33(35,36)37)20(9-22(38)39-15)26-25(34)27-23-29(44-10-17-3-6-21(40-17)28(44)16(2)48-30(23)41-26)43-31(42-27)47-14-32(7-8-32)13-45-18-4-5-19(45)12-46-11-18/h9,16-19,21,28,40H,3-8,10-14H2,1-2H3,(H2,38,39)/t16-,17+,18?,19?,21-,28+/m0/s1. The van der Waals surface area contributed by atoms with Crippen LogP contribution < -0.4 is 25.4 Å². The molecule has 0 amide bonds. The molecule has 9 rings (SSSR count). The summed E-state index contributed by atoms with van der Waals surface area (Å²) < 4.78 is 78.6. The molecule has 1 saturated carbocycles. The molecule has 256 valence electrons. The molecule has 5 aliphatic heterocycles. The Morgan fingerprint density at radius 1 is 1.08 bits per heavy atom. The zero-order chi connectivity index (χ0) is 33.1. The van der Waals surface area contributed by atoms with E-state index >= 15 is 4.39 Å². The van der Waals surface area contributed by atoms with Gasteiger partial charge in [-0.15, -0.1) is 0 Å². The van der Waals surface area contributed by atoms with Crippen molar-refractivity contribution in [2.75, 3.05) is 43.5 Å². The van der Waals surface area contributed by atoms with Gasteiger partial charge in [-0.25, -0.2) is 14.4 Å². The highest BCUT2D eigenvalue weighted by Crippen LogP contribution is 2.50. The lowest BCUT2D eigenvalue weighted by Gasteiger charge is -2.42. The molecular formula is C33H38F4N8O3. The van der Waals surface area contributed by atoms with Gasteiger partial charge in [0, 0.05) is 48.2 Å². The van der Waals surface area contributed by atoms with Gasteiger partial charge >= 0.3 is 12.2 Å². The van der Waals surface area contributed by atoms with Gasteiger partial charge in [-0.05, 0) is 58.4 Å². The molecule has 6 aliphatic rings. The molecule has 6 atom stereocenters. The minimum Gasteiger partial charge on any atom is -0.472 e. The van der Waals surface area contributed by atoms with Crippen LogP contribution in [-0.2, 0) is 10.9 Å². The Kier molecular flexibility index (Phi) is 6.81. The molecule has 4 bridgehead atoms. The molecule has 1 aliphatic carbocycles. The molecule has 0 spiro atoms. The van der Waals surface area contributed by atoms with E-state index < -0.39 is 34.9 Å². The van der Waals surface area contributed by atoms with Gasteiger partial charge in [0.1, 0.15) is 34.3 Å². The fourth-order valence-corrected chi connectivity index (χ4v) is 8.88. The number of hydrogen-bond donors (Lipinski definition) is 2. The quantitative estimate of drug-likeness (QED) is 0.366. The molecule has 2 unspecified atom stereocenters. The van der Waals surface area contributed by atoms with Crippen LogP contribution in [0.25, 0.3) is 22.2 Å². The van der Waals surface area contributed by atoms with Gasteiger partial charge in [0.2, 0.25) is 5.88 Å². The Morgan fingerprint density at radius 3 is 2.58 bits per heavy atom. The Labute approximate surface area is 274 Å². The highest BCUT2D eigenvalue weighted by molar-refractivity contribution is 5.97. The second-order valence-electron chi connectivity index (χ2n) is 14.6. The van der Waals surface area contributed by atoms with E-state index in [-0.39, 0.29) is 57.8 Å². The first-order chi connectivity index (χ1) is 23.0. The zero-order valence-electron chi connectivity index (χ0n) is 26.8. The smallest absolute Gasteiger partial charge is 0.418 e. The average molecular weight is 671 g/mol. The predicted molar refractivity (Wildman–Crippen MR) is 167 cm³/mol. The number of piperazine rings is 1. The Hall–Kier alpha value is -3.56. The number of ether oxygens (including phenoxy) is 3. The van der Waals surface area contributed by atoms with Crippen LogP contribution in [0.3, 0.4) is 0 Å². The summed E-state index contributed by atoms with van der Waals surface area (Å²) in [5, 5.41) is 3.88. The first-order valence-electron chi connectivity index (χ1n) is 16.9. The third kappa shape index (κ3) is 4.86. The molecule has 5 fully saturated rings. The summed E-state index contributed by atoms with van der Waals surface area (Å²) >= 11 is 0. The summed E-state index contributed by atoms with van der Waals surface area (Å²) in [5.74, 6) is -0.819. The maximum atomic E-state index is 16.9. The Bertz CT molecular complexity index is 1790. The summed E-state index contributed by atoms with van der Waals surface area (Å²) in [4.78, 5) is 22.4. The van der Waals surface area contributed by atoms with Crippen LogP contribution >= 0.6 is 0 Å². The van der Waals surface area contributed by atoms with E-state index in [1.54, 1.807) is 0 Å². The second-order valence-corrected chi connectivity index (χ2v) is 14.6. The normalized spacial score (nSPS) is 30.2. The zero-order valence-corrected chi connectivity index (χ0v) is 26.8. The molecule has 11 nitrogen and oxygen atoms in total. The van der Waals surface area contributed by atoms with E-state index in [0.717, 1.165) is 64.3 Å². The van der Waals surface area contributed by atoms with Gasteiger partial charge in [-0.1, -0.05) is 0 Å². The topological polar surface area (TPSA) is 124 Å². The lowest BCUT2D eigenvalue weighted by atomic mass is 9.99. The molecule has 15 heteroatoms. The number of aryl methyl sites for hydroxylation is 1. The highest BCUT2D eigenvalue weighted by Gasteiger charge is 2.50. The van der Waals surface area contributed by atoms with Crippen molar-refractivity contribution in [1.29, 1.82) is 0 Å². The number of alkyl halides is 3. The molecule has 3 aromatic rings. The van der Waals surface area contributed by atoms with E-state index in [1.165, 1.54) is 6.92 Å². The van der Waals surface area contributed by atoms with E-state index in [9.17, 15) is 13.2 Å². The van der Waals surface area contributed by atoms with Crippen molar-refractivity contribution in [3.05, 3.63) is 23.1 Å². The second kappa shape index (κ2) is 10.7. The van der Waals surface area contributed by atoms with Crippen LogP contribution in [0.1, 0.15) is 56.7 Å². The molecule has 48 heavy (non-hydrogen) atoms. The third-order valence-corrected chi connectivity index (χ3v) is 11.4. The van der Waals surface area contributed by atoms with Crippen LogP contribution in [0.15, 0.2) is 6.07 Å². The average Bonchev–Trinajstić information content (AvgIpc) is 3.68. The van der Waals surface area contributed by atoms with Crippen molar-refractivity contribution in [3.63, 3.8) is 0 Å². The monoisotopic (exact) mass is 670 g/mol. The number of aromatic nitrogens is 4. The van der Waals surface area contributed by atoms with Crippen LogP contribution in [0, 0.1) is 18.2 Å². The lowest BCUT2D eigenvalue weighted by Crippen LogP contribution is -2.62. The van der Waals surface area contributed by atoms with E-state index in [4.69, 9.17) is 24.9 Å². The number of nitrogens with zero attached hydrogens (tertiary/aromatic N) is 6. The fraction of sp³-hybridized carbons (Fsp3) is 0.636. The summed E-state index contributed by atoms with van der Waals surface area (Å²) in [6, 6.07) is 1.94. The molecular weight excluding hydrogens is 632 g/mol. The van der Waals surface area contributed by atoms with Crippen LogP contribution in [0.4, 0.5) is 29.2 Å². The molecule has 0 aromatic carbocycles. The number of fused-ring (bicyclic) bond motifs is 7. The van der Waals surface area contributed by atoms with Crippen molar-refractivity contribution in [2.45, 2.75) is 94.9 Å². The van der Waals surface area contributed by atoms with Crippen LogP contribution in [0.5, 0.6) is 11.9 Å². The minimum absolute atomic E-state index is 0.0172. The number of nitrogens with one attached hydrogen (secondary N) is 1. The van der Waals surface area contributed by atoms with E-state index in [1.807, 2.05) is 6.92 Å². The van der Waals surface area contributed by atoms with Gasteiger partial charge in [-0.3, -0.25) is 4.90 Å². The summed E-state index contributed by atoms with van der Waals surface area (Å²) in [7, 11) is 0. The number of anilines is 2. The van der Waals surface area contributed by atoms with Gasteiger partial charge in [0.25, 0.3) is 0 Å². The largest absolute Gasteiger partial charge is 0.472 e. The number of nitrogen functional groups attached to an aromatic ring is 1. The lowest BCUT2D eigenvalue weighted by molar-refractivity contribution is -0.137. The van der Waals surface area contributed by atoms with E-state index in [2.05, 4.69) is 30.1 Å². The van der Waals surface area contributed by atoms with Crippen molar-refractivity contribution in [1.82, 2.24) is 30.2 Å². The molecule has 0 radical (unpaired) electrons. The first-order valence-corrected chi connectivity index (χ1v) is 16.9. The van der Waals surface area contributed by atoms with E-state index in [0.29, 0.717) is 31.1 Å². The summed E-state index contributed by atoms with van der Waals surface area (Å²) in [6.45, 7) is 6.42. The number of morpholine rings is 1. The minimum atomic E-state index is -4.85. The van der Waals surface area contributed by atoms with Gasteiger partial charge in [0.15, 0.2) is 5.82 Å². The molecule has 3 N–H and O–H groups in total. The molecule has 4 saturated heterocycles. The molecule has 8 heterocycles. The van der Waals surface area contributed by atoms with Crippen LogP contribution in [0.2, 0.25) is 0 Å². The number of hydrogen-bond acceptors (Lipinski definition) is 11. The highest BCUT2D eigenvalue weighted by atomic mass is 19.4. The maximum absolute atomic E-state index is 16.9. The Balaban J connectivity index is 1.16. The summed E-state index contributed by atoms with van der Waals surface area (Å²) in [6.07, 6.45) is 0.864. The fourth-order valence-electron chi connectivity index (χ4n) is 8.88. The first kappa shape index (κ1) is 30.5. The van der Waals surface area contributed by atoms with Gasteiger partial charge in [-0.2, -0.15) is 23.1 Å². The number of pyridine rings is 2. The Morgan fingerprint density at radius 2 is 1.85 bits per heavy atom. The third-order valence-electron chi connectivity index (χ3n) is 11.4. The van der Waals surface area contributed by atoms with Gasteiger partial charge < -0.3 is 30.2 Å². The van der Waals surface area contributed by atoms with Crippen molar-refractivity contribution < 1.29 is 31.8 Å². The number of nitrogens with two attached hydrogens (primary N) is 1. The van der Waals surface area contributed by atoms with Gasteiger partial charge in [0.05, 0.1) is 37.1 Å². The maximum Gasteiger partial charge on any atom is 0.418 e. The SMILES string of the molecule is Cc1nc(N)cc(-c2nc3c4c(nc(OCC5(CN6C7CCC6COC7)CC5)nc4c2F)N2C[C@H]4CC[C@H](N4)[C@H]2[C@H](C)O3)c1C(F)(F)F. The number of halogens is 4. The number of rotatable bonds is 6. The predicted octanol–water partition coefficient (Wildman–Crippen LogP) is 4.25. The van der Waals surface area contributed by atoms with Crippen molar-refractivity contribution in [2.24, 2.45) is 5.41 Å². The molecule has 3 aromatic heterocycles. The van der Waals surface area contributed by atoms with Crippen LogP contribution in [-0.4, -0.2) is 94.1 Å². The summed E-state index contributed by atoms with van der Waals surface area (Å²) in [5.41, 5.74) is 3.05. The van der Waals surface area contributed by atoms with Crippen molar-refractivity contribution in [3.8, 4) is 23.1 Å². The van der Waals surface area contributed by atoms with Crippen molar-refractivity contribution >= 4 is 22.5 Å².